The number of amides is 1. The number of fused-ring (bicyclic) bond motifs is 1. The van der Waals surface area contributed by atoms with E-state index in [0.717, 1.165) is 35.3 Å². The fourth-order valence-corrected chi connectivity index (χ4v) is 4.35. The Hall–Kier alpha value is -2.92. The summed E-state index contributed by atoms with van der Waals surface area (Å²) in [6, 6.07) is 12.6. The highest BCUT2D eigenvalue weighted by Crippen LogP contribution is 2.29. The summed E-state index contributed by atoms with van der Waals surface area (Å²) >= 11 is 1.60. The molecule has 1 aliphatic rings. The average molecular weight is 469 g/mol. The van der Waals surface area contributed by atoms with Crippen molar-refractivity contribution < 1.29 is 27.9 Å². The molecule has 2 aromatic heterocycles. The molecule has 3 aromatic rings. The first-order valence-corrected chi connectivity index (χ1v) is 10.9. The Morgan fingerprint density at radius 2 is 2.00 bits per heavy atom. The maximum Gasteiger partial charge on any atom is 0.490 e. The number of aryl methyl sites for hydroxylation is 1. The van der Waals surface area contributed by atoms with Crippen LogP contribution in [0.4, 0.5) is 13.2 Å². The molecule has 0 radical (unpaired) electrons. The molecule has 1 fully saturated rings. The van der Waals surface area contributed by atoms with Crippen molar-refractivity contribution in [3.8, 4) is 0 Å². The van der Waals surface area contributed by atoms with Crippen LogP contribution in [0.5, 0.6) is 0 Å². The third-order valence-electron chi connectivity index (χ3n) is 4.88. The van der Waals surface area contributed by atoms with E-state index in [0.29, 0.717) is 12.6 Å². The lowest BCUT2D eigenvalue weighted by Gasteiger charge is -2.07. The summed E-state index contributed by atoms with van der Waals surface area (Å²) in [5, 5.41) is 19.2. The molecule has 1 aliphatic heterocycles. The number of nitrogens with zero attached hydrogens (tertiary/aromatic N) is 2. The number of carbonyl (C=O) groups excluding carboxylic acids is 1. The van der Waals surface area contributed by atoms with Crippen LogP contribution in [0.1, 0.15) is 39.9 Å². The number of aromatic nitrogens is 2. The minimum atomic E-state index is -5.08. The van der Waals surface area contributed by atoms with Gasteiger partial charge in [-0.2, -0.15) is 18.3 Å². The van der Waals surface area contributed by atoms with Gasteiger partial charge in [0.25, 0.3) is 5.91 Å². The number of halogens is 3. The van der Waals surface area contributed by atoms with Crippen molar-refractivity contribution in [2.45, 2.75) is 38.0 Å². The zero-order valence-corrected chi connectivity index (χ0v) is 17.9. The molecule has 0 spiro atoms. The summed E-state index contributed by atoms with van der Waals surface area (Å²) in [4.78, 5) is 23.3. The monoisotopic (exact) mass is 468 g/mol. The summed E-state index contributed by atoms with van der Waals surface area (Å²) in [6.07, 6.45) is 0.0452. The minimum Gasteiger partial charge on any atom is -0.475 e. The number of hydrogen-bond donors (Lipinski definition) is 3. The number of benzene rings is 1. The van der Waals surface area contributed by atoms with E-state index in [4.69, 9.17) is 9.90 Å². The first-order valence-electron chi connectivity index (χ1n) is 10.1. The van der Waals surface area contributed by atoms with Gasteiger partial charge in [0.1, 0.15) is 0 Å². The minimum absolute atomic E-state index is 0.0274. The molecule has 7 nitrogen and oxygen atoms in total. The predicted molar refractivity (Wildman–Crippen MR) is 115 cm³/mol. The zero-order valence-electron chi connectivity index (χ0n) is 17.1. The van der Waals surface area contributed by atoms with E-state index >= 15 is 0 Å². The standard InChI is InChI=1S/C19H22N4OS.C2HF3O2/c24-19(18-9-8-17(25-18)15-6-3-10-20-15)21-11-4-12-23-16-7-2-1-5-14(16)13-22-23;3-2(4,5)1(6)7/h1-2,5,7-9,13,15,20H,3-4,6,10-12H2,(H,21,24);(H,6,7). The van der Waals surface area contributed by atoms with Crippen LogP contribution in [-0.4, -0.2) is 46.0 Å². The van der Waals surface area contributed by atoms with E-state index in [9.17, 15) is 18.0 Å². The smallest absolute Gasteiger partial charge is 0.475 e. The van der Waals surface area contributed by atoms with E-state index in [-0.39, 0.29) is 5.91 Å². The van der Waals surface area contributed by atoms with E-state index in [1.165, 1.54) is 17.7 Å². The van der Waals surface area contributed by atoms with Crippen molar-refractivity contribution in [2.24, 2.45) is 0 Å². The molecule has 0 aliphatic carbocycles. The van der Waals surface area contributed by atoms with Crippen molar-refractivity contribution in [1.29, 1.82) is 0 Å². The predicted octanol–water partition coefficient (Wildman–Crippen LogP) is 3.98. The summed E-state index contributed by atoms with van der Waals surface area (Å²) in [7, 11) is 0. The molecule has 0 saturated carbocycles. The Kier molecular flexibility index (Phi) is 7.86. The van der Waals surface area contributed by atoms with Crippen molar-refractivity contribution in [3.05, 3.63) is 52.3 Å². The van der Waals surface area contributed by atoms with Gasteiger partial charge in [-0.25, -0.2) is 4.79 Å². The molecule has 1 aromatic carbocycles. The number of para-hydroxylation sites is 1. The Morgan fingerprint density at radius 1 is 1.25 bits per heavy atom. The van der Waals surface area contributed by atoms with Gasteiger partial charge in [-0.1, -0.05) is 18.2 Å². The molecule has 3 heterocycles. The largest absolute Gasteiger partial charge is 0.490 e. The topological polar surface area (TPSA) is 96.3 Å². The van der Waals surface area contributed by atoms with Crippen LogP contribution in [0.2, 0.25) is 0 Å². The molecule has 1 unspecified atom stereocenters. The number of nitrogens with one attached hydrogen (secondary N) is 2. The highest BCUT2D eigenvalue weighted by Gasteiger charge is 2.38. The molecule has 172 valence electrons. The van der Waals surface area contributed by atoms with Gasteiger partial charge in [0.15, 0.2) is 0 Å². The molecular weight excluding hydrogens is 445 g/mol. The zero-order chi connectivity index (χ0) is 23.1. The molecule has 1 saturated heterocycles. The molecule has 11 heteroatoms. The van der Waals surface area contributed by atoms with Crippen LogP contribution in [-0.2, 0) is 11.3 Å². The Balaban J connectivity index is 0.000000360. The number of alkyl halides is 3. The van der Waals surface area contributed by atoms with Crippen molar-refractivity contribution in [1.82, 2.24) is 20.4 Å². The SMILES string of the molecule is O=C(NCCCn1ncc2ccccc21)c1ccc(C2CCCN2)s1.O=C(O)C(F)(F)F. The quantitative estimate of drug-likeness (QED) is 0.476. The second-order valence-corrected chi connectivity index (χ2v) is 8.31. The Bertz CT molecular complexity index is 1060. The van der Waals surface area contributed by atoms with Crippen LogP contribution in [0.15, 0.2) is 42.6 Å². The highest BCUT2D eigenvalue weighted by molar-refractivity contribution is 7.14. The summed E-state index contributed by atoms with van der Waals surface area (Å²) in [5.74, 6) is -2.73. The first-order chi connectivity index (χ1) is 15.3. The van der Waals surface area contributed by atoms with Crippen LogP contribution in [0.25, 0.3) is 10.9 Å². The van der Waals surface area contributed by atoms with Crippen molar-refractivity contribution >= 4 is 34.1 Å². The molecule has 3 N–H and O–H groups in total. The number of carboxylic acid groups (broad SMARTS) is 1. The molecule has 1 atom stereocenters. The number of thiophene rings is 1. The number of aliphatic carboxylic acids is 1. The second-order valence-electron chi connectivity index (χ2n) is 7.19. The average Bonchev–Trinajstić information content (AvgIpc) is 3.51. The van der Waals surface area contributed by atoms with Crippen LogP contribution in [0, 0.1) is 0 Å². The fraction of sp³-hybridized carbons (Fsp3) is 0.381. The van der Waals surface area contributed by atoms with Crippen LogP contribution >= 0.6 is 11.3 Å². The fourth-order valence-electron chi connectivity index (χ4n) is 3.31. The number of carboxylic acids is 1. The lowest BCUT2D eigenvalue weighted by atomic mass is 10.2. The normalized spacial score (nSPS) is 15.9. The highest BCUT2D eigenvalue weighted by atomic mass is 32.1. The maximum atomic E-state index is 12.3. The van der Waals surface area contributed by atoms with Gasteiger partial charge in [-0.3, -0.25) is 9.48 Å². The lowest BCUT2D eigenvalue weighted by molar-refractivity contribution is -0.192. The van der Waals surface area contributed by atoms with Gasteiger partial charge in [0.05, 0.1) is 16.6 Å². The lowest BCUT2D eigenvalue weighted by Crippen LogP contribution is -2.24. The maximum absolute atomic E-state index is 12.3. The number of rotatable bonds is 6. The second kappa shape index (κ2) is 10.6. The third-order valence-corrected chi connectivity index (χ3v) is 6.08. The van der Waals surface area contributed by atoms with E-state index in [2.05, 4.69) is 33.9 Å². The van der Waals surface area contributed by atoms with E-state index in [1.54, 1.807) is 11.3 Å². The summed E-state index contributed by atoms with van der Waals surface area (Å²) in [6.45, 7) is 2.53. The van der Waals surface area contributed by atoms with Gasteiger partial charge < -0.3 is 15.7 Å². The number of carbonyl (C=O) groups is 2. The van der Waals surface area contributed by atoms with E-state index < -0.39 is 12.1 Å². The van der Waals surface area contributed by atoms with Gasteiger partial charge in [-0.05, 0) is 44.0 Å². The summed E-state index contributed by atoms with van der Waals surface area (Å²) in [5.41, 5.74) is 1.14. The molecule has 4 rings (SSSR count). The Morgan fingerprint density at radius 3 is 2.69 bits per heavy atom. The first kappa shape index (κ1) is 23.7. The summed E-state index contributed by atoms with van der Waals surface area (Å²) < 4.78 is 33.7. The van der Waals surface area contributed by atoms with E-state index in [1.807, 2.05) is 29.1 Å². The molecule has 1 amide bonds. The van der Waals surface area contributed by atoms with Crippen LogP contribution < -0.4 is 10.6 Å². The third kappa shape index (κ3) is 6.30. The molecule has 0 bridgehead atoms. The Labute approximate surface area is 186 Å². The van der Waals surface area contributed by atoms with Crippen molar-refractivity contribution in [3.63, 3.8) is 0 Å². The molecular formula is C21H23F3N4O3S. The van der Waals surface area contributed by atoms with Gasteiger partial charge >= 0.3 is 12.1 Å². The van der Waals surface area contributed by atoms with Crippen LogP contribution in [0.3, 0.4) is 0 Å². The van der Waals surface area contributed by atoms with Crippen molar-refractivity contribution in [2.75, 3.05) is 13.1 Å². The molecule has 32 heavy (non-hydrogen) atoms. The van der Waals surface area contributed by atoms with Gasteiger partial charge in [0, 0.05) is 29.4 Å². The van der Waals surface area contributed by atoms with Gasteiger partial charge in [0.2, 0.25) is 0 Å². The number of hydrogen-bond acceptors (Lipinski definition) is 5. The van der Waals surface area contributed by atoms with Gasteiger partial charge in [-0.15, -0.1) is 11.3 Å².